The summed E-state index contributed by atoms with van der Waals surface area (Å²) < 4.78 is 13.8. The maximum atomic E-state index is 12.4. The Kier molecular flexibility index (Phi) is 6.32. The third-order valence-corrected chi connectivity index (χ3v) is 5.70. The lowest BCUT2D eigenvalue weighted by Gasteiger charge is -2.24. The van der Waals surface area contributed by atoms with Gasteiger partial charge in [-0.05, 0) is 47.5 Å². The number of benzene rings is 2. The van der Waals surface area contributed by atoms with Gasteiger partial charge in [0, 0.05) is 41.2 Å². The smallest absolute Gasteiger partial charge is 0.319 e. The highest BCUT2D eigenvalue weighted by Gasteiger charge is 2.19. The molecule has 1 aliphatic rings. The highest BCUT2D eigenvalue weighted by atomic mass is 16.6. The Morgan fingerprint density at radius 2 is 1.88 bits per heavy atom. The van der Waals surface area contributed by atoms with Crippen molar-refractivity contribution in [3.8, 4) is 11.3 Å². The molecule has 1 aliphatic heterocycles. The zero-order chi connectivity index (χ0) is 22.5. The van der Waals surface area contributed by atoms with Crippen LogP contribution in [0.3, 0.4) is 0 Å². The van der Waals surface area contributed by atoms with Crippen LogP contribution >= 0.6 is 0 Å². The number of nitrogens with one attached hydrogen (secondary N) is 2. The minimum Gasteiger partial charge on any atom is -0.376 e. The summed E-state index contributed by atoms with van der Waals surface area (Å²) in [4.78, 5) is 16.4. The number of carbonyl (C=O) groups excluding carboxylic acids is 1. The first kappa shape index (κ1) is 21.2. The molecule has 0 radical (unpaired) electrons. The summed E-state index contributed by atoms with van der Waals surface area (Å²) in [6.45, 7) is 2.99. The number of rotatable bonds is 6. The van der Waals surface area contributed by atoms with E-state index in [9.17, 15) is 4.79 Å². The summed E-state index contributed by atoms with van der Waals surface area (Å²) in [6.07, 6.45) is 3.43. The molecule has 2 amide bonds. The zero-order valence-corrected chi connectivity index (χ0v) is 18.2. The monoisotopic (exact) mass is 442 g/mol. The number of pyridine rings is 1. The minimum atomic E-state index is -0.248. The lowest BCUT2D eigenvalue weighted by atomic mass is 10.1. The molecule has 7 nitrogen and oxygen atoms in total. The molecule has 1 unspecified atom stereocenters. The number of fused-ring (bicyclic) bond motifs is 1. The van der Waals surface area contributed by atoms with E-state index in [1.54, 1.807) is 12.4 Å². The van der Waals surface area contributed by atoms with Crippen LogP contribution in [0.25, 0.3) is 22.2 Å². The van der Waals surface area contributed by atoms with E-state index in [0.29, 0.717) is 32.9 Å². The summed E-state index contributed by atoms with van der Waals surface area (Å²) in [5.41, 5.74) is 5.07. The van der Waals surface area contributed by atoms with Gasteiger partial charge in [-0.3, -0.25) is 4.98 Å². The molecular formula is C26H26N4O3. The average molecular weight is 443 g/mol. The van der Waals surface area contributed by atoms with Crippen molar-refractivity contribution in [2.45, 2.75) is 19.2 Å². The van der Waals surface area contributed by atoms with Crippen LogP contribution in [0.4, 0.5) is 10.5 Å². The van der Waals surface area contributed by atoms with Crippen LogP contribution in [0.1, 0.15) is 5.56 Å². The van der Waals surface area contributed by atoms with Gasteiger partial charge < -0.3 is 24.7 Å². The van der Waals surface area contributed by atoms with Gasteiger partial charge in [0.15, 0.2) is 0 Å². The largest absolute Gasteiger partial charge is 0.376 e. The summed E-state index contributed by atoms with van der Waals surface area (Å²) >= 11 is 0. The first-order valence-corrected chi connectivity index (χ1v) is 11.1. The Hall–Kier alpha value is -3.68. The fraction of sp³-hybridized carbons (Fsp3) is 0.231. The first-order chi connectivity index (χ1) is 16.3. The van der Waals surface area contributed by atoms with E-state index in [4.69, 9.17) is 9.47 Å². The quantitative estimate of drug-likeness (QED) is 0.463. The van der Waals surface area contributed by atoms with Crippen molar-refractivity contribution in [3.05, 3.63) is 84.7 Å². The van der Waals surface area contributed by atoms with Crippen LogP contribution in [0, 0.1) is 0 Å². The third-order valence-electron chi connectivity index (χ3n) is 5.70. The summed E-state index contributed by atoms with van der Waals surface area (Å²) in [5, 5.41) is 6.87. The molecule has 5 rings (SSSR count). The van der Waals surface area contributed by atoms with Crippen molar-refractivity contribution in [2.24, 2.45) is 0 Å². The van der Waals surface area contributed by atoms with Crippen molar-refractivity contribution >= 4 is 22.6 Å². The second-order valence-electron chi connectivity index (χ2n) is 8.01. The van der Waals surface area contributed by atoms with Crippen LogP contribution in [-0.4, -0.2) is 41.5 Å². The standard InChI is InChI=1S/C26H26N4O3/c31-26(28-16-19-8-10-27-11-9-19)29-22-6-7-24-21(14-22)15-25(20-4-2-1-3-5-20)30(24)17-23-18-32-12-13-33-23/h1-11,14-15,23H,12-13,16-18H2,(H2,28,29,31). The number of hydrogen-bond donors (Lipinski definition) is 2. The van der Waals surface area contributed by atoms with E-state index >= 15 is 0 Å². The molecule has 0 saturated carbocycles. The highest BCUT2D eigenvalue weighted by molar-refractivity contribution is 5.94. The fourth-order valence-corrected chi connectivity index (χ4v) is 4.10. The summed E-state index contributed by atoms with van der Waals surface area (Å²) in [5.74, 6) is 0. The van der Waals surface area contributed by atoms with Gasteiger partial charge in [0.1, 0.15) is 0 Å². The lowest BCUT2D eigenvalue weighted by Crippen LogP contribution is -2.32. The maximum Gasteiger partial charge on any atom is 0.319 e. The Morgan fingerprint density at radius 1 is 1.03 bits per heavy atom. The second-order valence-corrected chi connectivity index (χ2v) is 8.01. The van der Waals surface area contributed by atoms with Crippen molar-refractivity contribution in [3.63, 3.8) is 0 Å². The number of ether oxygens (including phenoxy) is 2. The molecule has 2 N–H and O–H groups in total. The van der Waals surface area contributed by atoms with Crippen LogP contribution < -0.4 is 10.6 Å². The molecule has 0 aliphatic carbocycles. The van der Waals surface area contributed by atoms with Gasteiger partial charge in [-0.1, -0.05) is 30.3 Å². The SMILES string of the molecule is O=C(NCc1ccncc1)Nc1ccc2c(c1)cc(-c1ccccc1)n2CC1COCCO1. The number of anilines is 1. The number of carbonyl (C=O) groups is 1. The molecule has 3 heterocycles. The van der Waals surface area contributed by atoms with Crippen LogP contribution in [0.15, 0.2) is 79.1 Å². The summed E-state index contributed by atoms with van der Waals surface area (Å²) in [7, 11) is 0. The minimum absolute atomic E-state index is 0.00794. The van der Waals surface area contributed by atoms with Crippen LogP contribution in [-0.2, 0) is 22.6 Å². The molecule has 1 fully saturated rings. The molecule has 1 saturated heterocycles. The molecule has 33 heavy (non-hydrogen) atoms. The van der Waals surface area contributed by atoms with Gasteiger partial charge in [0.05, 0.1) is 32.5 Å². The predicted molar refractivity (Wildman–Crippen MR) is 128 cm³/mol. The molecule has 2 aromatic carbocycles. The fourth-order valence-electron chi connectivity index (χ4n) is 4.10. The van der Waals surface area contributed by atoms with Gasteiger partial charge in [0.2, 0.25) is 0 Å². The van der Waals surface area contributed by atoms with Gasteiger partial charge in [-0.15, -0.1) is 0 Å². The second kappa shape index (κ2) is 9.85. The van der Waals surface area contributed by atoms with E-state index in [1.165, 1.54) is 0 Å². The molecule has 7 heteroatoms. The van der Waals surface area contributed by atoms with Crippen molar-refractivity contribution < 1.29 is 14.3 Å². The Bertz CT molecular complexity index is 1220. The number of nitrogens with zero attached hydrogens (tertiary/aromatic N) is 2. The van der Waals surface area contributed by atoms with E-state index < -0.39 is 0 Å². The normalized spacial score (nSPS) is 15.9. The summed E-state index contributed by atoms with van der Waals surface area (Å²) in [6, 6.07) is 21.9. The van der Waals surface area contributed by atoms with Crippen LogP contribution in [0.2, 0.25) is 0 Å². The van der Waals surface area contributed by atoms with E-state index in [2.05, 4.69) is 38.4 Å². The number of hydrogen-bond acceptors (Lipinski definition) is 4. The molecule has 4 aromatic rings. The number of amides is 2. The lowest BCUT2D eigenvalue weighted by molar-refractivity contribution is -0.0930. The highest BCUT2D eigenvalue weighted by Crippen LogP contribution is 2.31. The number of urea groups is 1. The van der Waals surface area contributed by atoms with Gasteiger partial charge in [-0.2, -0.15) is 0 Å². The van der Waals surface area contributed by atoms with Crippen molar-refractivity contribution in [1.82, 2.24) is 14.9 Å². The first-order valence-electron chi connectivity index (χ1n) is 11.1. The van der Waals surface area contributed by atoms with E-state index in [-0.39, 0.29) is 12.1 Å². The Labute approximate surface area is 192 Å². The molecular weight excluding hydrogens is 416 g/mol. The zero-order valence-electron chi connectivity index (χ0n) is 18.2. The van der Waals surface area contributed by atoms with Gasteiger partial charge in [-0.25, -0.2) is 4.79 Å². The molecule has 0 spiro atoms. The van der Waals surface area contributed by atoms with Crippen molar-refractivity contribution in [1.29, 1.82) is 0 Å². The van der Waals surface area contributed by atoms with E-state index in [0.717, 1.165) is 33.4 Å². The van der Waals surface area contributed by atoms with Gasteiger partial charge >= 0.3 is 6.03 Å². The molecule has 2 aromatic heterocycles. The Morgan fingerprint density at radius 3 is 2.67 bits per heavy atom. The Balaban J connectivity index is 1.38. The van der Waals surface area contributed by atoms with Crippen LogP contribution in [0.5, 0.6) is 0 Å². The maximum absolute atomic E-state index is 12.4. The third kappa shape index (κ3) is 5.05. The average Bonchev–Trinajstić information content (AvgIpc) is 3.22. The molecule has 0 bridgehead atoms. The topological polar surface area (TPSA) is 77.4 Å². The van der Waals surface area contributed by atoms with Gasteiger partial charge in [0.25, 0.3) is 0 Å². The number of aromatic nitrogens is 2. The van der Waals surface area contributed by atoms with E-state index in [1.807, 2.05) is 48.5 Å². The molecule has 168 valence electrons. The van der Waals surface area contributed by atoms with Crippen molar-refractivity contribution in [2.75, 3.05) is 25.1 Å². The predicted octanol–water partition coefficient (Wildman–Crippen LogP) is 4.44. The molecule has 1 atom stereocenters.